The van der Waals surface area contributed by atoms with Crippen molar-refractivity contribution in [3.63, 3.8) is 0 Å². The molecule has 1 aliphatic carbocycles. The molecule has 4 nitrogen and oxygen atoms in total. The summed E-state index contributed by atoms with van der Waals surface area (Å²) in [7, 11) is 0. The van der Waals surface area contributed by atoms with Gasteiger partial charge in [0.1, 0.15) is 11.5 Å². The zero-order chi connectivity index (χ0) is 14.5. The second-order valence-electron chi connectivity index (χ2n) is 5.57. The van der Waals surface area contributed by atoms with Crippen LogP contribution in [0.5, 0.6) is 0 Å². The Balaban J connectivity index is 2.00. The topological polar surface area (TPSA) is 55.2 Å². The number of hydrogen-bond acceptors (Lipinski definition) is 3. The molecule has 0 spiro atoms. The third kappa shape index (κ3) is 3.68. The first-order valence-corrected chi connectivity index (χ1v) is 7.30. The molecule has 0 unspecified atom stereocenters. The summed E-state index contributed by atoms with van der Waals surface area (Å²) in [6, 6.07) is 3.78. The van der Waals surface area contributed by atoms with E-state index < -0.39 is 10.7 Å². The maximum Gasteiger partial charge on any atom is 0.292 e. The average Bonchev–Trinajstić information content (AvgIpc) is 2.41. The summed E-state index contributed by atoms with van der Waals surface area (Å²) in [5, 5.41) is 14.1. The molecule has 1 aliphatic rings. The lowest BCUT2D eigenvalue weighted by molar-refractivity contribution is -0.384. The largest absolute Gasteiger partial charge is 0.377 e. The van der Waals surface area contributed by atoms with E-state index in [2.05, 4.69) is 12.2 Å². The molecular formula is C15H21FN2O2. The number of halogens is 1. The second kappa shape index (κ2) is 6.68. The van der Waals surface area contributed by atoms with Gasteiger partial charge < -0.3 is 5.32 Å². The molecule has 1 fully saturated rings. The van der Waals surface area contributed by atoms with Crippen molar-refractivity contribution in [2.24, 2.45) is 5.92 Å². The molecule has 0 saturated heterocycles. The Hall–Kier alpha value is -1.65. The fourth-order valence-corrected chi connectivity index (χ4v) is 3.01. The Labute approximate surface area is 118 Å². The molecule has 1 N–H and O–H groups in total. The minimum Gasteiger partial charge on any atom is -0.377 e. The number of nitrogens with zero attached hydrogens (tertiary/aromatic N) is 1. The van der Waals surface area contributed by atoms with Crippen LogP contribution in [0.15, 0.2) is 18.2 Å². The highest BCUT2D eigenvalue weighted by atomic mass is 19.1. The number of hydrogen-bond donors (Lipinski definition) is 1. The molecule has 0 atom stereocenters. The Kier molecular flexibility index (Phi) is 4.93. The van der Waals surface area contributed by atoms with Gasteiger partial charge in [-0.15, -0.1) is 0 Å². The van der Waals surface area contributed by atoms with Crippen LogP contribution in [0.25, 0.3) is 0 Å². The van der Waals surface area contributed by atoms with E-state index in [0.717, 1.165) is 37.7 Å². The van der Waals surface area contributed by atoms with Crippen molar-refractivity contribution in [2.75, 3.05) is 5.32 Å². The summed E-state index contributed by atoms with van der Waals surface area (Å²) in [4.78, 5) is 10.5. The molecule has 0 bridgehead atoms. The van der Waals surface area contributed by atoms with Crippen molar-refractivity contribution < 1.29 is 9.31 Å². The summed E-state index contributed by atoms with van der Waals surface area (Å²) < 4.78 is 13.3. The van der Waals surface area contributed by atoms with E-state index in [1.807, 2.05) is 0 Å². The molecular weight excluding hydrogens is 259 g/mol. The third-order valence-corrected chi connectivity index (χ3v) is 4.06. The molecule has 5 heteroatoms. The maximum atomic E-state index is 13.3. The van der Waals surface area contributed by atoms with Crippen molar-refractivity contribution in [1.29, 1.82) is 0 Å². The molecule has 0 amide bonds. The van der Waals surface area contributed by atoms with Gasteiger partial charge in [-0.25, -0.2) is 4.39 Å². The first-order chi connectivity index (χ1) is 9.60. The van der Waals surface area contributed by atoms with E-state index in [1.54, 1.807) is 0 Å². The average molecular weight is 280 g/mol. The highest BCUT2D eigenvalue weighted by Gasteiger charge is 2.23. The number of anilines is 1. The van der Waals surface area contributed by atoms with E-state index in [4.69, 9.17) is 0 Å². The molecule has 1 aromatic rings. The number of nitro groups is 1. The summed E-state index contributed by atoms with van der Waals surface area (Å²) in [5.41, 5.74) is 0.246. The Morgan fingerprint density at radius 3 is 2.65 bits per heavy atom. The highest BCUT2D eigenvalue weighted by Crippen LogP contribution is 2.32. The Bertz CT molecular complexity index is 471. The summed E-state index contributed by atoms with van der Waals surface area (Å²) in [5.74, 6) is 0.332. The molecule has 0 aliphatic heterocycles. The van der Waals surface area contributed by atoms with Crippen molar-refractivity contribution >= 4 is 11.4 Å². The van der Waals surface area contributed by atoms with Crippen LogP contribution < -0.4 is 5.32 Å². The maximum absolute atomic E-state index is 13.3. The van der Waals surface area contributed by atoms with E-state index in [-0.39, 0.29) is 11.7 Å². The zero-order valence-corrected chi connectivity index (χ0v) is 11.8. The Morgan fingerprint density at radius 1 is 1.35 bits per heavy atom. The van der Waals surface area contributed by atoms with Crippen LogP contribution >= 0.6 is 0 Å². The van der Waals surface area contributed by atoms with Crippen molar-refractivity contribution in [3.8, 4) is 0 Å². The molecule has 1 saturated carbocycles. The fourth-order valence-electron chi connectivity index (χ4n) is 3.01. The van der Waals surface area contributed by atoms with Gasteiger partial charge >= 0.3 is 0 Å². The quantitative estimate of drug-likeness (QED) is 0.638. The number of benzene rings is 1. The summed E-state index contributed by atoms with van der Waals surface area (Å²) in [6.45, 7) is 2.19. The van der Waals surface area contributed by atoms with E-state index in [1.165, 1.54) is 25.0 Å². The molecule has 110 valence electrons. The van der Waals surface area contributed by atoms with Gasteiger partial charge in [0, 0.05) is 18.2 Å². The number of rotatable bonds is 5. The lowest BCUT2D eigenvalue weighted by atomic mass is 9.83. The van der Waals surface area contributed by atoms with Crippen LogP contribution in [0.3, 0.4) is 0 Å². The van der Waals surface area contributed by atoms with Crippen molar-refractivity contribution in [3.05, 3.63) is 34.1 Å². The van der Waals surface area contributed by atoms with Crippen LogP contribution in [0.2, 0.25) is 0 Å². The first-order valence-electron chi connectivity index (χ1n) is 7.30. The van der Waals surface area contributed by atoms with Gasteiger partial charge in [0.25, 0.3) is 5.69 Å². The SMILES string of the molecule is CCCC1CCC(Nc2cc(F)ccc2[N+](=O)[O-])CC1. The zero-order valence-electron chi connectivity index (χ0n) is 11.8. The minimum absolute atomic E-state index is 0.0536. The molecule has 0 radical (unpaired) electrons. The van der Waals surface area contributed by atoms with Crippen LogP contribution in [0, 0.1) is 21.8 Å². The van der Waals surface area contributed by atoms with Crippen LogP contribution in [0.1, 0.15) is 45.4 Å². The minimum atomic E-state index is -0.468. The number of nitrogens with one attached hydrogen (secondary N) is 1. The van der Waals surface area contributed by atoms with E-state index >= 15 is 0 Å². The van der Waals surface area contributed by atoms with Gasteiger partial charge in [-0.3, -0.25) is 10.1 Å². The van der Waals surface area contributed by atoms with E-state index in [9.17, 15) is 14.5 Å². The monoisotopic (exact) mass is 280 g/mol. The van der Waals surface area contributed by atoms with Gasteiger partial charge in [-0.05, 0) is 37.7 Å². The fraction of sp³-hybridized carbons (Fsp3) is 0.600. The first kappa shape index (κ1) is 14.8. The van der Waals surface area contributed by atoms with Crippen LogP contribution in [-0.4, -0.2) is 11.0 Å². The predicted octanol–water partition coefficient (Wildman–Crippen LogP) is 4.50. The van der Waals surface area contributed by atoms with Crippen molar-refractivity contribution in [1.82, 2.24) is 0 Å². The van der Waals surface area contributed by atoms with Gasteiger partial charge in [-0.1, -0.05) is 19.8 Å². The van der Waals surface area contributed by atoms with Gasteiger partial charge in [0.05, 0.1) is 4.92 Å². The molecule has 0 aromatic heterocycles. The molecule has 0 heterocycles. The van der Waals surface area contributed by atoms with Gasteiger partial charge in [-0.2, -0.15) is 0 Å². The highest BCUT2D eigenvalue weighted by molar-refractivity contribution is 5.61. The summed E-state index contributed by atoms with van der Waals surface area (Å²) in [6.07, 6.45) is 6.75. The van der Waals surface area contributed by atoms with E-state index in [0.29, 0.717) is 5.69 Å². The third-order valence-electron chi connectivity index (χ3n) is 4.06. The molecule has 2 rings (SSSR count). The van der Waals surface area contributed by atoms with Crippen molar-refractivity contribution in [2.45, 2.75) is 51.5 Å². The predicted molar refractivity (Wildman–Crippen MR) is 77.3 cm³/mol. The smallest absolute Gasteiger partial charge is 0.292 e. The van der Waals surface area contributed by atoms with Gasteiger partial charge in [0.2, 0.25) is 0 Å². The van der Waals surface area contributed by atoms with Crippen LogP contribution in [-0.2, 0) is 0 Å². The van der Waals surface area contributed by atoms with Crippen LogP contribution in [0.4, 0.5) is 15.8 Å². The Morgan fingerprint density at radius 2 is 2.05 bits per heavy atom. The summed E-state index contributed by atoms with van der Waals surface area (Å²) >= 11 is 0. The second-order valence-corrected chi connectivity index (χ2v) is 5.57. The normalized spacial score (nSPS) is 22.5. The molecule has 1 aromatic carbocycles. The molecule has 20 heavy (non-hydrogen) atoms. The lowest BCUT2D eigenvalue weighted by Gasteiger charge is -2.29. The number of nitro benzene ring substituents is 1. The van der Waals surface area contributed by atoms with Gasteiger partial charge in [0.15, 0.2) is 0 Å². The lowest BCUT2D eigenvalue weighted by Crippen LogP contribution is -2.26. The standard InChI is InChI=1S/C15H21FN2O2/c1-2-3-11-4-7-13(8-5-11)17-14-10-12(16)6-9-15(14)18(19)20/h6,9-11,13,17H,2-5,7-8H2,1H3.